The van der Waals surface area contributed by atoms with Crippen molar-refractivity contribution in [3.63, 3.8) is 0 Å². The molecule has 2 rings (SSSR count). The van der Waals surface area contributed by atoms with Gasteiger partial charge in [-0.2, -0.15) is 0 Å². The Morgan fingerprint density at radius 2 is 2.00 bits per heavy atom. The van der Waals surface area contributed by atoms with Crippen LogP contribution in [0.2, 0.25) is 0 Å². The molecule has 0 radical (unpaired) electrons. The number of carbonyl (C=O) groups is 1. The minimum Gasteiger partial charge on any atom is -0.482 e. The van der Waals surface area contributed by atoms with E-state index in [1.165, 1.54) is 0 Å². The number of hydrogen-bond donors (Lipinski definition) is 0. The summed E-state index contributed by atoms with van der Waals surface area (Å²) in [5, 5.41) is 0. The molecule has 1 aliphatic carbocycles. The summed E-state index contributed by atoms with van der Waals surface area (Å²) in [7, 11) is 1.79. The normalized spacial score (nSPS) is 28.3. The van der Waals surface area contributed by atoms with E-state index >= 15 is 0 Å². The van der Waals surface area contributed by atoms with Crippen LogP contribution in [0.25, 0.3) is 0 Å². The van der Waals surface area contributed by atoms with Crippen LogP contribution in [0.1, 0.15) is 20.8 Å². The molecule has 2 aliphatic rings. The first-order valence-electron chi connectivity index (χ1n) is 5.96. The molecule has 0 unspecified atom stereocenters. The molecular weight excluding hydrogens is 214 g/mol. The molecule has 0 fully saturated rings. The second-order valence-corrected chi connectivity index (χ2v) is 5.18. The summed E-state index contributed by atoms with van der Waals surface area (Å²) < 4.78 is 5.47. The highest BCUT2D eigenvalue weighted by Crippen LogP contribution is 2.35. The monoisotopic (exact) mass is 233 g/mol. The third kappa shape index (κ3) is 2.02. The molecule has 17 heavy (non-hydrogen) atoms. The van der Waals surface area contributed by atoms with E-state index in [-0.39, 0.29) is 17.9 Å². The van der Waals surface area contributed by atoms with Gasteiger partial charge >= 0.3 is 0 Å². The summed E-state index contributed by atoms with van der Waals surface area (Å²) in [6, 6.07) is 0. The van der Waals surface area contributed by atoms with Crippen LogP contribution in [0.5, 0.6) is 0 Å². The average Bonchev–Trinajstić information content (AvgIpc) is 2.45. The summed E-state index contributed by atoms with van der Waals surface area (Å²) in [6.45, 7) is 6.69. The fourth-order valence-corrected chi connectivity index (χ4v) is 1.89. The van der Waals surface area contributed by atoms with Gasteiger partial charge in [-0.3, -0.25) is 4.79 Å². The van der Waals surface area contributed by atoms with Crippen LogP contribution in [-0.4, -0.2) is 24.5 Å². The first kappa shape index (κ1) is 12.0. The summed E-state index contributed by atoms with van der Waals surface area (Å²) in [5.74, 6) is 1.28. The molecule has 1 heterocycles. The second-order valence-electron chi connectivity index (χ2n) is 5.18. The fourth-order valence-electron chi connectivity index (χ4n) is 1.89. The van der Waals surface area contributed by atoms with E-state index < -0.39 is 0 Å². The molecule has 0 N–H and O–H groups in total. The van der Waals surface area contributed by atoms with Gasteiger partial charge in [0.1, 0.15) is 5.76 Å². The molecule has 0 aromatic rings. The van der Waals surface area contributed by atoms with Gasteiger partial charge in [0.05, 0.1) is 5.70 Å². The van der Waals surface area contributed by atoms with E-state index in [9.17, 15) is 4.79 Å². The molecule has 0 aromatic carbocycles. The summed E-state index contributed by atoms with van der Waals surface area (Å²) in [6.07, 6.45) is 8.28. The van der Waals surface area contributed by atoms with Crippen LogP contribution in [-0.2, 0) is 9.53 Å². The molecule has 92 valence electrons. The van der Waals surface area contributed by atoms with Gasteiger partial charge in [-0.1, -0.05) is 32.9 Å². The Kier molecular flexibility index (Phi) is 2.86. The van der Waals surface area contributed by atoms with E-state index in [1.807, 2.05) is 12.2 Å². The van der Waals surface area contributed by atoms with Crippen LogP contribution < -0.4 is 0 Å². The first-order chi connectivity index (χ1) is 7.94. The van der Waals surface area contributed by atoms with Crippen molar-refractivity contribution >= 4 is 5.91 Å². The van der Waals surface area contributed by atoms with Gasteiger partial charge in [0, 0.05) is 12.5 Å². The van der Waals surface area contributed by atoms with Gasteiger partial charge in [0.2, 0.25) is 0 Å². The van der Waals surface area contributed by atoms with E-state index in [4.69, 9.17) is 4.74 Å². The molecule has 0 spiro atoms. The maximum atomic E-state index is 11.6. The minimum absolute atomic E-state index is 0.00455. The minimum atomic E-state index is -0.00468. The molecule has 0 aromatic heterocycles. The molecule has 1 amide bonds. The lowest BCUT2D eigenvalue weighted by Crippen LogP contribution is -2.34. The molecule has 0 bridgehead atoms. The molecule has 3 nitrogen and oxygen atoms in total. The quantitative estimate of drug-likeness (QED) is 0.696. The number of ether oxygens (including phenoxy) is 1. The smallest absolute Gasteiger partial charge is 0.264 e. The summed E-state index contributed by atoms with van der Waals surface area (Å²) in [4.78, 5) is 13.2. The average molecular weight is 233 g/mol. The summed E-state index contributed by atoms with van der Waals surface area (Å²) in [5.41, 5.74) is 0.854. The number of nitrogens with zero attached hydrogens (tertiary/aromatic N) is 1. The molecule has 3 heteroatoms. The van der Waals surface area contributed by atoms with Crippen LogP contribution in [0.3, 0.4) is 0 Å². The Morgan fingerprint density at radius 3 is 2.65 bits per heavy atom. The van der Waals surface area contributed by atoms with E-state index in [0.29, 0.717) is 5.92 Å². The zero-order chi connectivity index (χ0) is 12.6. The zero-order valence-electron chi connectivity index (χ0n) is 10.9. The van der Waals surface area contributed by atoms with Crippen molar-refractivity contribution in [2.24, 2.45) is 11.3 Å². The van der Waals surface area contributed by atoms with E-state index in [2.05, 4.69) is 32.9 Å². The topological polar surface area (TPSA) is 29.5 Å². The van der Waals surface area contributed by atoms with Gasteiger partial charge in [-0.15, -0.1) is 0 Å². The van der Waals surface area contributed by atoms with Crippen molar-refractivity contribution in [2.75, 3.05) is 13.7 Å². The SMILES string of the molecule is CC(C)[C@]1(C)C=CC2=C(C=C1)N(C)C(=O)CO2. The number of rotatable bonds is 1. The maximum Gasteiger partial charge on any atom is 0.264 e. The standard InChI is InChI=1S/C14H19NO2/c1-10(2)14(3)7-5-11-12(6-8-14)17-9-13(16)15(11)4/h5-8,10H,9H2,1-4H3/t14-/m0/s1. The zero-order valence-corrected chi connectivity index (χ0v) is 10.9. The molecular formula is C14H19NO2. The molecule has 1 atom stereocenters. The number of carbonyl (C=O) groups excluding carboxylic acids is 1. The predicted molar refractivity (Wildman–Crippen MR) is 67.0 cm³/mol. The number of hydrogen-bond acceptors (Lipinski definition) is 2. The first-order valence-corrected chi connectivity index (χ1v) is 5.96. The lowest BCUT2D eigenvalue weighted by molar-refractivity contribution is -0.133. The Bertz CT molecular complexity index is 432. The van der Waals surface area contributed by atoms with Crippen LogP contribution in [0.15, 0.2) is 35.8 Å². The molecule has 1 aliphatic heterocycles. The highest BCUT2D eigenvalue weighted by Gasteiger charge is 2.28. The summed E-state index contributed by atoms with van der Waals surface area (Å²) >= 11 is 0. The second kappa shape index (κ2) is 4.06. The third-order valence-corrected chi connectivity index (χ3v) is 3.78. The third-order valence-electron chi connectivity index (χ3n) is 3.78. The Hall–Kier alpha value is -1.51. The van der Waals surface area contributed by atoms with E-state index in [0.717, 1.165) is 11.5 Å². The van der Waals surface area contributed by atoms with Gasteiger partial charge in [-0.25, -0.2) is 0 Å². The van der Waals surface area contributed by atoms with Crippen molar-refractivity contribution in [1.82, 2.24) is 4.90 Å². The van der Waals surface area contributed by atoms with Crippen molar-refractivity contribution in [3.8, 4) is 0 Å². The van der Waals surface area contributed by atoms with Gasteiger partial charge in [-0.05, 0) is 18.1 Å². The largest absolute Gasteiger partial charge is 0.482 e. The van der Waals surface area contributed by atoms with Crippen molar-refractivity contribution in [1.29, 1.82) is 0 Å². The highest BCUT2D eigenvalue weighted by molar-refractivity contribution is 5.81. The van der Waals surface area contributed by atoms with Crippen LogP contribution >= 0.6 is 0 Å². The Balaban J connectivity index is 2.39. The van der Waals surface area contributed by atoms with Gasteiger partial charge < -0.3 is 9.64 Å². The number of allylic oxidation sites excluding steroid dienone is 4. The van der Waals surface area contributed by atoms with Crippen LogP contribution in [0.4, 0.5) is 0 Å². The maximum absolute atomic E-state index is 11.6. The number of amides is 1. The molecule has 0 saturated carbocycles. The molecule has 0 saturated heterocycles. The van der Waals surface area contributed by atoms with Gasteiger partial charge in [0.25, 0.3) is 5.91 Å². The van der Waals surface area contributed by atoms with Crippen LogP contribution in [0, 0.1) is 11.3 Å². The highest BCUT2D eigenvalue weighted by atomic mass is 16.5. The van der Waals surface area contributed by atoms with Gasteiger partial charge in [0.15, 0.2) is 6.61 Å². The van der Waals surface area contributed by atoms with E-state index in [1.54, 1.807) is 11.9 Å². The Morgan fingerprint density at radius 1 is 1.35 bits per heavy atom. The van der Waals surface area contributed by atoms with Crippen molar-refractivity contribution in [3.05, 3.63) is 35.8 Å². The lowest BCUT2D eigenvalue weighted by atomic mass is 9.79. The Labute approximate surface area is 102 Å². The van der Waals surface area contributed by atoms with Crippen molar-refractivity contribution in [2.45, 2.75) is 20.8 Å². The predicted octanol–water partition coefficient (Wildman–Crippen LogP) is 2.47. The fraction of sp³-hybridized carbons (Fsp3) is 0.500. The number of likely N-dealkylation sites (N-methyl/N-ethyl adjacent to an activating group) is 1. The van der Waals surface area contributed by atoms with Crippen molar-refractivity contribution < 1.29 is 9.53 Å². The lowest BCUT2D eigenvalue weighted by Gasteiger charge is -2.26.